The summed E-state index contributed by atoms with van der Waals surface area (Å²) >= 11 is 1.38. The van der Waals surface area contributed by atoms with Crippen LogP contribution in [0.4, 0.5) is 20.2 Å². The lowest BCUT2D eigenvalue weighted by atomic mass is 10.1. The zero-order valence-electron chi connectivity index (χ0n) is 16.1. The molecule has 2 amide bonds. The average molecular weight is 406 g/mol. The topological polar surface area (TPSA) is 58.2 Å². The van der Waals surface area contributed by atoms with E-state index in [1.54, 1.807) is 6.92 Å². The molecule has 0 radical (unpaired) electrons. The quantitative estimate of drug-likeness (QED) is 0.603. The Bertz CT molecular complexity index is 838. The maximum Gasteiger partial charge on any atom is 0.237 e. The van der Waals surface area contributed by atoms with Gasteiger partial charge in [-0.25, -0.2) is 8.78 Å². The van der Waals surface area contributed by atoms with Crippen molar-refractivity contribution in [2.24, 2.45) is 0 Å². The number of para-hydroxylation sites is 1. The van der Waals surface area contributed by atoms with E-state index in [0.29, 0.717) is 18.6 Å². The number of thioether (sulfide) groups is 1. The summed E-state index contributed by atoms with van der Waals surface area (Å²) in [4.78, 5) is 24.3. The standard InChI is InChI=1S/C21H24F2N2O2S/c1-13-6-4-7-14(2)20(13)25-19(26)8-5-11-28-15(3)21(27)24-18-10-9-16(22)12-17(18)23/h4,6-7,9-10,12,15H,5,8,11H2,1-3H3,(H,24,27)(H,25,26). The third-order valence-electron chi connectivity index (χ3n) is 4.22. The molecule has 0 aliphatic rings. The van der Waals surface area contributed by atoms with Crippen LogP contribution >= 0.6 is 11.8 Å². The molecule has 2 N–H and O–H groups in total. The van der Waals surface area contributed by atoms with E-state index in [2.05, 4.69) is 10.6 Å². The van der Waals surface area contributed by atoms with Crippen molar-refractivity contribution in [2.75, 3.05) is 16.4 Å². The second kappa shape index (κ2) is 10.2. The Hall–Kier alpha value is -2.41. The van der Waals surface area contributed by atoms with E-state index in [1.165, 1.54) is 17.8 Å². The fraction of sp³-hybridized carbons (Fsp3) is 0.333. The fourth-order valence-corrected chi connectivity index (χ4v) is 3.48. The Morgan fingerprint density at radius 2 is 1.75 bits per heavy atom. The van der Waals surface area contributed by atoms with Crippen molar-refractivity contribution in [3.8, 4) is 0 Å². The lowest BCUT2D eigenvalue weighted by Gasteiger charge is -2.13. The molecule has 0 bridgehead atoms. The van der Waals surface area contributed by atoms with Gasteiger partial charge in [-0.3, -0.25) is 9.59 Å². The number of carbonyl (C=O) groups is 2. The number of hydrogen-bond donors (Lipinski definition) is 2. The summed E-state index contributed by atoms with van der Waals surface area (Å²) in [6.45, 7) is 5.60. The van der Waals surface area contributed by atoms with E-state index >= 15 is 0 Å². The number of amides is 2. The number of nitrogens with one attached hydrogen (secondary N) is 2. The van der Waals surface area contributed by atoms with Crippen LogP contribution in [0.25, 0.3) is 0 Å². The molecule has 0 aliphatic carbocycles. The summed E-state index contributed by atoms with van der Waals surface area (Å²) in [5.41, 5.74) is 2.82. The zero-order valence-corrected chi connectivity index (χ0v) is 17.0. The molecule has 0 saturated heterocycles. The highest BCUT2D eigenvalue weighted by Gasteiger charge is 2.16. The highest BCUT2D eigenvalue weighted by atomic mass is 32.2. The van der Waals surface area contributed by atoms with Crippen molar-refractivity contribution in [2.45, 2.75) is 38.9 Å². The summed E-state index contributed by atoms with van der Waals surface area (Å²) < 4.78 is 26.5. The van der Waals surface area contributed by atoms with E-state index in [-0.39, 0.29) is 17.5 Å². The van der Waals surface area contributed by atoms with E-state index in [9.17, 15) is 18.4 Å². The minimum absolute atomic E-state index is 0.0492. The van der Waals surface area contributed by atoms with E-state index in [0.717, 1.165) is 28.9 Å². The van der Waals surface area contributed by atoms with Crippen LogP contribution in [0.5, 0.6) is 0 Å². The van der Waals surface area contributed by atoms with Gasteiger partial charge in [0.2, 0.25) is 11.8 Å². The number of aryl methyl sites for hydroxylation is 2. The molecule has 28 heavy (non-hydrogen) atoms. The van der Waals surface area contributed by atoms with Crippen molar-refractivity contribution in [3.63, 3.8) is 0 Å². The van der Waals surface area contributed by atoms with Gasteiger partial charge < -0.3 is 10.6 Å². The molecular formula is C21H24F2N2O2S. The second-order valence-corrected chi connectivity index (χ2v) is 7.99. The van der Waals surface area contributed by atoms with Crippen molar-refractivity contribution >= 4 is 35.0 Å². The Morgan fingerprint density at radius 1 is 1.07 bits per heavy atom. The van der Waals surface area contributed by atoms with Crippen LogP contribution in [0.2, 0.25) is 0 Å². The highest BCUT2D eigenvalue weighted by molar-refractivity contribution is 8.00. The van der Waals surface area contributed by atoms with Crippen LogP contribution in [-0.4, -0.2) is 22.8 Å². The predicted octanol–water partition coefficient (Wildman–Crippen LogP) is 5.06. The first kappa shape index (κ1) is 21.9. The van der Waals surface area contributed by atoms with Crippen LogP contribution in [0.1, 0.15) is 30.9 Å². The average Bonchev–Trinajstić information content (AvgIpc) is 2.64. The van der Waals surface area contributed by atoms with Crippen molar-refractivity contribution < 1.29 is 18.4 Å². The summed E-state index contributed by atoms with van der Waals surface area (Å²) in [5.74, 6) is -1.33. The molecule has 0 spiro atoms. The minimum Gasteiger partial charge on any atom is -0.326 e. The first-order valence-corrected chi connectivity index (χ1v) is 10.1. The van der Waals surface area contributed by atoms with E-state index in [1.807, 2.05) is 32.0 Å². The monoisotopic (exact) mass is 406 g/mol. The molecular weight excluding hydrogens is 382 g/mol. The first-order chi connectivity index (χ1) is 13.3. The van der Waals surface area contributed by atoms with Crippen LogP contribution in [0.15, 0.2) is 36.4 Å². The Morgan fingerprint density at radius 3 is 2.39 bits per heavy atom. The summed E-state index contributed by atoms with van der Waals surface area (Å²) in [5, 5.41) is 4.96. The van der Waals surface area contributed by atoms with Gasteiger partial charge in [0.15, 0.2) is 0 Å². The molecule has 0 heterocycles. The second-order valence-electron chi connectivity index (χ2n) is 6.54. The molecule has 1 unspecified atom stereocenters. The molecule has 150 valence electrons. The first-order valence-electron chi connectivity index (χ1n) is 9.01. The van der Waals surface area contributed by atoms with Crippen LogP contribution in [0, 0.1) is 25.5 Å². The fourth-order valence-electron chi connectivity index (χ4n) is 2.61. The number of rotatable bonds is 8. The number of hydrogen-bond acceptors (Lipinski definition) is 3. The van der Waals surface area contributed by atoms with Crippen molar-refractivity contribution in [1.29, 1.82) is 0 Å². The SMILES string of the molecule is Cc1cccc(C)c1NC(=O)CCCSC(C)C(=O)Nc1ccc(F)cc1F. The van der Waals surface area contributed by atoms with Gasteiger partial charge in [-0.1, -0.05) is 18.2 Å². The largest absolute Gasteiger partial charge is 0.326 e. The maximum atomic E-state index is 13.6. The number of halogens is 2. The van der Waals surface area contributed by atoms with Crippen LogP contribution < -0.4 is 10.6 Å². The Kier molecular flexibility index (Phi) is 7.99. The molecule has 0 fully saturated rings. The lowest BCUT2D eigenvalue weighted by Crippen LogP contribution is -2.23. The summed E-state index contributed by atoms with van der Waals surface area (Å²) in [7, 11) is 0. The molecule has 7 heteroatoms. The van der Waals surface area contributed by atoms with Gasteiger partial charge >= 0.3 is 0 Å². The normalized spacial score (nSPS) is 11.8. The molecule has 0 aliphatic heterocycles. The number of carbonyl (C=O) groups excluding carboxylic acids is 2. The van der Waals surface area contributed by atoms with Gasteiger partial charge in [0.05, 0.1) is 10.9 Å². The van der Waals surface area contributed by atoms with Gasteiger partial charge in [-0.05, 0) is 56.2 Å². The van der Waals surface area contributed by atoms with E-state index < -0.39 is 16.9 Å². The minimum atomic E-state index is -0.811. The molecule has 2 rings (SSSR count). The zero-order chi connectivity index (χ0) is 20.7. The molecule has 4 nitrogen and oxygen atoms in total. The number of benzene rings is 2. The predicted molar refractivity (Wildman–Crippen MR) is 111 cm³/mol. The van der Waals surface area contributed by atoms with Crippen molar-refractivity contribution in [1.82, 2.24) is 0 Å². The molecule has 0 saturated carbocycles. The molecule has 2 aromatic rings. The van der Waals surface area contributed by atoms with Gasteiger partial charge in [-0.15, -0.1) is 11.8 Å². The highest BCUT2D eigenvalue weighted by Crippen LogP contribution is 2.21. The van der Waals surface area contributed by atoms with Gasteiger partial charge in [0, 0.05) is 18.2 Å². The number of anilines is 2. The van der Waals surface area contributed by atoms with Gasteiger partial charge in [0.25, 0.3) is 0 Å². The lowest BCUT2D eigenvalue weighted by molar-refractivity contribution is -0.116. The van der Waals surface area contributed by atoms with Gasteiger partial charge in [0.1, 0.15) is 11.6 Å². The van der Waals surface area contributed by atoms with Crippen LogP contribution in [-0.2, 0) is 9.59 Å². The third-order valence-corrected chi connectivity index (χ3v) is 5.46. The van der Waals surface area contributed by atoms with Crippen molar-refractivity contribution in [3.05, 3.63) is 59.2 Å². The maximum absolute atomic E-state index is 13.6. The van der Waals surface area contributed by atoms with Crippen LogP contribution in [0.3, 0.4) is 0 Å². The molecule has 1 atom stereocenters. The van der Waals surface area contributed by atoms with E-state index in [4.69, 9.17) is 0 Å². The Labute approximate surface area is 168 Å². The Balaban J connectivity index is 1.73. The summed E-state index contributed by atoms with van der Waals surface area (Å²) in [6.07, 6.45) is 0.964. The summed E-state index contributed by atoms with van der Waals surface area (Å²) in [6, 6.07) is 8.85. The molecule has 2 aromatic carbocycles. The molecule has 0 aromatic heterocycles. The van der Waals surface area contributed by atoms with Gasteiger partial charge in [-0.2, -0.15) is 0 Å². The smallest absolute Gasteiger partial charge is 0.237 e. The third kappa shape index (κ3) is 6.34.